The number of carbonyl (C=O) groups excluding carboxylic acids is 1. The molecule has 7 heteroatoms. The van der Waals surface area contributed by atoms with E-state index in [0.717, 1.165) is 17.5 Å². The second kappa shape index (κ2) is 9.74. The van der Waals surface area contributed by atoms with E-state index in [9.17, 15) is 4.79 Å². The van der Waals surface area contributed by atoms with Crippen LogP contribution in [0.25, 0.3) is 0 Å². The highest BCUT2D eigenvalue weighted by atomic mass is 35.5. The molecule has 1 amide bonds. The molecule has 0 bridgehead atoms. The molecule has 3 aromatic rings. The summed E-state index contributed by atoms with van der Waals surface area (Å²) in [4.78, 5) is 18.0. The van der Waals surface area contributed by atoms with Gasteiger partial charge in [0.15, 0.2) is 5.00 Å². The van der Waals surface area contributed by atoms with E-state index in [4.69, 9.17) is 44.5 Å². The third-order valence-electron chi connectivity index (χ3n) is 6.66. The first-order valence-corrected chi connectivity index (χ1v) is 12.9. The number of nitrogens with zero attached hydrogens (tertiary/aromatic N) is 2. The Morgan fingerprint density at radius 2 is 1.50 bits per heavy atom. The second-order valence-corrected chi connectivity index (χ2v) is 11.4. The summed E-state index contributed by atoms with van der Waals surface area (Å²) in [6.07, 6.45) is 0.731. The first-order chi connectivity index (χ1) is 17.0. The van der Waals surface area contributed by atoms with Gasteiger partial charge >= 0.3 is 0 Å². The molecule has 1 heterocycles. The largest absolute Gasteiger partial charge is 0.493 e. The molecule has 0 saturated carbocycles. The summed E-state index contributed by atoms with van der Waals surface area (Å²) < 4.78 is 6.06. The molecule has 1 aliphatic heterocycles. The average Bonchev–Trinajstić information content (AvgIpc) is 3.07. The normalized spacial score (nSPS) is 21.9. The van der Waals surface area contributed by atoms with Crippen molar-refractivity contribution in [1.29, 1.82) is 0 Å². The third kappa shape index (κ3) is 4.40. The number of amidine groups is 1. The first-order valence-electron chi connectivity index (χ1n) is 11.8. The number of carbonyl (C=O) groups is 1. The van der Waals surface area contributed by atoms with Crippen molar-refractivity contribution in [2.45, 2.75) is 50.6 Å². The lowest BCUT2D eigenvalue weighted by atomic mass is 9.81. The lowest BCUT2D eigenvalue weighted by Crippen LogP contribution is -2.50. The summed E-state index contributed by atoms with van der Waals surface area (Å²) in [5, 5.41) is 1.17. The second-order valence-electron chi connectivity index (χ2n) is 10.0. The number of rotatable bonds is 6. The van der Waals surface area contributed by atoms with Gasteiger partial charge < -0.3 is 4.74 Å². The molecule has 2 atom stereocenters. The van der Waals surface area contributed by atoms with Crippen LogP contribution in [-0.2, 0) is 20.7 Å². The van der Waals surface area contributed by atoms with Crippen LogP contribution in [0.5, 0.6) is 5.75 Å². The Labute approximate surface area is 227 Å². The molecule has 0 aromatic heterocycles. The maximum absolute atomic E-state index is 12.8. The van der Waals surface area contributed by atoms with Crippen LogP contribution >= 0.6 is 34.8 Å². The summed E-state index contributed by atoms with van der Waals surface area (Å²) in [6, 6.07) is 20.5. The number of ether oxygens (including phenoxy) is 1. The van der Waals surface area contributed by atoms with Gasteiger partial charge in [0.1, 0.15) is 17.1 Å². The Morgan fingerprint density at radius 3 is 2.00 bits per heavy atom. The minimum Gasteiger partial charge on any atom is -0.493 e. The maximum atomic E-state index is 12.8. The van der Waals surface area contributed by atoms with E-state index in [-0.39, 0.29) is 5.41 Å². The fourth-order valence-electron chi connectivity index (χ4n) is 4.60. The number of aliphatic imine (C=N–C) groups is 1. The molecule has 0 radical (unpaired) electrons. The average molecular weight is 544 g/mol. The molecule has 0 fully saturated rings. The number of amides is 1. The quantitative estimate of drug-likeness (QED) is 0.180. The summed E-state index contributed by atoms with van der Waals surface area (Å²) >= 11 is 19.9. The molecule has 3 aromatic carbocycles. The SMILES string of the molecule is CCOc1cc(C(C)(C)C)ccc1C1=N[C@@](C)(c2ccc(Cl)cc2)[C@](Cl)(c2ccc(Cl)cc2)N1C=O. The number of alkyl halides is 1. The molecule has 0 saturated heterocycles. The number of benzene rings is 3. The standard InChI is InChI=1S/C29H29Cl3N2O2/c1-6-36-25-17-21(27(2,3)4)11-16-24(25)26-33-28(5,19-7-12-22(30)13-8-19)29(32,34(26)18-35)20-9-14-23(31)15-10-20/h7-18H,6H2,1-5H3/t28-,29-/m0/s1. The van der Waals surface area contributed by atoms with Gasteiger partial charge in [-0.15, -0.1) is 0 Å². The van der Waals surface area contributed by atoms with E-state index in [0.29, 0.717) is 39.4 Å². The predicted octanol–water partition coefficient (Wildman–Crippen LogP) is 7.92. The summed E-state index contributed by atoms with van der Waals surface area (Å²) in [7, 11) is 0. The maximum Gasteiger partial charge on any atom is 0.217 e. The van der Waals surface area contributed by atoms with Crippen LogP contribution in [0, 0.1) is 0 Å². The molecular formula is C29H29Cl3N2O2. The van der Waals surface area contributed by atoms with E-state index < -0.39 is 10.5 Å². The molecule has 36 heavy (non-hydrogen) atoms. The minimum atomic E-state index is -1.38. The van der Waals surface area contributed by atoms with Crippen LogP contribution in [0.2, 0.25) is 10.0 Å². The van der Waals surface area contributed by atoms with Crippen LogP contribution < -0.4 is 4.74 Å². The molecule has 4 rings (SSSR count). The number of halogens is 3. The lowest BCUT2D eigenvalue weighted by molar-refractivity contribution is -0.117. The highest BCUT2D eigenvalue weighted by Crippen LogP contribution is 2.55. The Balaban J connectivity index is 2.00. The Morgan fingerprint density at radius 1 is 0.944 bits per heavy atom. The van der Waals surface area contributed by atoms with Gasteiger partial charge in [0.05, 0.1) is 12.2 Å². The van der Waals surface area contributed by atoms with Crippen molar-refractivity contribution in [3.8, 4) is 5.75 Å². The zero-order chi connectivity index (χ0) is 26.3. The minimum absolute atomic E-state index is 0.0798. The number of hydrogen-bond donors (Lipinski definition) is 0. The summed E-state index contributed by atoms with van der Waals surface area (Å²) in [5.41, 5.74) is 2.15. The van der Waals surface area contributed by atoms with Gasteiger partial charge in [0.25, 0.3) is 0 Å². The summed E-state index contributed by atoms with van der Waals surface area (Å²) in [6.45, 7) is 10.7. The van der Waals surface area contributed by atoms with Crippen molar-refractivity contribution < 1.29 is 9.53 Å². The monoisotopic (exact) mass is 542 g/mol. The van der Waals surface area contributed by atoms with Gasteiger partial charge in [0, 0.05) is 10.0 Å². The highest BCUT2D eigenvalue weighted by Gasteiger charge is 2.60. The molecule has 0 unspecified atom stereocenters. The van der Waals surface area contributed by atoms with Gasteiger partial charge in [-0.1, -0.05) is 85.9 Å². The van der Waals surface area contributed by atoms with E-state index in [2.05, 4.69) is 20.8 Å². The molecular weight excluding hydrogens is 515 g/mol. The fraction of sp³-hybridized carbons (Fsp3) is 0.310. The van der Waals surface area contributed by atoms with E-state index in [1.807, 2.05) is 56.3 Å². The van der Waals surface area contributed by atoms with Gasteiger partial charge in [-0.25, -0.2) is 0 Å². The van der Waals surface area contributed by atoms with Gasteiger partial charge in [-0.3, -0.25) is 14.7 Å². The molecule has 4 nitrogen and oxygen atoms in total. The fourth-order valence-corrected chi connectivity index (χ4v) is 5.25. The van der Waals surface area contributed by atoms with Gasteiger partial charge in [-0.05, 0) is 72.4 Å². The highest BCUT2D eigenvalue weighted by molar-refractivity contribution is 6.31. The van der Waals surface area contributed by atoms with Crippen LogP contribution in [0.3, 0.4) is 0 Å². The van der Waals surface area contributed by atoms with Crippen molar-refractivity contribution in [2.24, 2.45) is 4.99 Å². The van der Waals surface area contributed by atoms with Crippen molar-refractivity contribution in [3.05, 3.63) is 99.0 Å². The smallest absolute Gasteiger partial charge is 0.217 e. The molecule has 1 aliphatic rings. The Bertz CT molecular complexity index is 1300. The summed E-state index contributed by atoms with van der Waals surface area (Å²) in [5.74, 6) is 1.07. The molecule has 0 aliphatic carbocycles. The topological polar surface area (TPSA) is 41.9 Å². The van der Waals surface area contributed by atoms with Crippen LogP contribution in [0.15, 0.2) is 71.7 Å². The van der Waals surface area contributed by atoms with Crippen molar-refractivity contribution in [1.82, 2.24) is 4.90 Å². The van der Waals surface area contributed by atoms with Crippen LogP contribution in [-0.4, -0.2) is 23.8 Å². The first kappa shape index (κ1) is 26.5. The van der Waals surface area contributed by atoms with Gasteiger partial charge in [0.2, 0.25) is 6.41 Å². The zero-order valence-corrected chi connectivity index (χ0v) is 23.2. The molecule has 188 valence electrons. The van der Waals surface area contributed by atoms with E-state index in [1.165, 1.54) is 4.90 Å². The van der Waals surface area contributed by atoms with Crippen LogP contribution in [0.1, 0.15) is 56.9 Å². The molecule has 0 spiro atoms. The third-order valence-corrected chi connectivity index (χ3v) is 7.93. The predicted molar refractivity (Wildman–Crippen MR) is 149 cm³/mol. The van der Waals surface area contributed by atoms with Crippen molar-refractivity contribution in [3.63, 3.8) is 0 Å². The molecule has 0 N–H and O–H groups in total. The Hall–Kier alpha value is -2.53. The van der Waals surface area contributed by atoms with E-state index >= 15 is 0 Å². The van der Waals surface area contributed by atoms with Gasteiger partial charge in [-0.2, -0.15) is 0 Å². The Kier molecular flexibility index (Phi) is 7.18. The van der Waals surface area contributed by atoms with Crippen molar-refractivity contribution in [2.75, 3.05) is 6.61 Å². The van der Waals surface area contributed by atoms with Crippen LogP contribution in [0.4, 0.5) is 0 Å². The van der Waals surface area contributed by atoms with Crippen molar-refractivity contribution >= 4 is 47.0 Å². The van der Waals surface area contributed by atoms with E-state index in [1.54, 1.807) is 24.3 Å². The zero-order valence-electron chi connectivity index (χ0n) is 21.0. The number of hydrogen-bond acceptors (Lipinski definition) is 3. The lowest BCUT2D eigenvalue weighted by Gasteiger charge is -2.41.